The fourth-order valence-electron chi connectivity index (χ4n) is 1.42. The van der Waals surface area contributed by atoms with E-state index in [2.05, 4.69) is 20.9 Å². The summed E-state index contributed by atoms with van der Waals surface area (Å²) in [6.07, 6.45) is 1.79. The zero-order valence-corrected chi connectivity index (χ0v) is 10.2. The van der Waals surface area contributed by atoms with Crippen LogP contribution in [-0.4, -0.2) is 16.7 Å². The SMILES string of the molecule is COc1cccc(-c2ncc(Br)n2C)c1. The summed E-state index contributed by atoms with van der Waals surface area (Å²) in [5.41, 5.74) is 1.04. The van der Waals surface area contributed by atoms with Gasteiger partial charge in [-0.25, -0.2) is 4.98 Å². The lowest BCUT2D eigenvalue weighted by molar-refractivity contribution is 0.415. The molecule has 0 saturated carbocycles. The molecule has 1 aromatic heterocycles. The van der Waals surface area contributed by atoms with E-state index in [9.17, 15) is 0 Å². The molecule has 0 aliphatic rings. The van der Waals surface area contributed by atoms with Crippen LogP contribution in [0.1, 0.15) is 0 Å². The zero-order chi connectivity index (χ0) is 10.8. The summed E-state index contributed by atoms with van der Waals surface area (Å²) in [5.74, 6) is 1.76. The van der Waals surface area contributed by atoms with Gasteiger partial charge < -0.3 is 9.30 Å². The van der Waals surface area contributed by atoms with Crippen molar-refractivity contribution >= 4 is 15.9 Å². The Hall–Kier alpha value is -1.29. The van der Waals surface area contributed by atoms with Gasteiger partial charge in [-0.3, -0.25) is 0 Å². The van der Waals surface area contributed by atoms with Gasteiger partial charge in [-0.1, -0.05) is 12.1 Å². The number of methoxy groups -OCH3 is 1. The van der Waals surface area contributed by atoms with Crippen LogP contribution >= 0.6 is 15.9 Å². The Balaban J connectivity index is 2.49. The van der Waals surface area contributed by atoms with Crippen LogP contribution in [0.25, 0.3) is 11.4 Å². The van der Waals surface area contributed by atoms with E-state index in [4.69, 9.17) is 4.74 Å². The van der Waals surface area contributed by atoms with Crippen molar-refractivity contribution < 1.29 is 4.74 Å². The van der Waals surface area contributed by atoms with Crippen LogP contribution in [0.4, 0.5) is 0 Å². The molecule has 78 valence electrons. The number of ether oxygens (including phenoxy) is 1. The van der Waals surface area contributed by atoms with Gasteiger partial charge in [0.1, 0.15) is 16.2 Å². The van der Waals surface area contributed by atoms with Crippen LogP contribution in [0.15, 0.2) is 35.1 Å². The molecule has 0 amide bonds. The topological polar surface area (TPSA) is 27.1 Å². The molecule has 3 nitrogen and oxygen atoms in total. The predicted octanol–water partition coefficient (Wildman–Crippen LogP) is 2.86. The number of hydrogen-bond acceptors (Lipinski definition) is 2. The van der Waals surface area contributed by atoms with Crippen LogP contribution < -0.4 is 4.74 Å². The van der Waals surface area contributed by atoms with Gasteiger partial charge in [0.2, 0.25) is 0 Å². The normalized spacial score (nSPS) is 10.3. The first-order valence-corrected chi connectivity index (χ1v) is 5.33. The number of aromatic nitrogens is 2. The largest absolute Gasteiger partial charge is 0.497 e. The molecule has 2 aromatic rings. The van der Waals surface area contributed by atoms with Gasteiger partial charge in [-0.15, -0.1) is 0 Å². The average Bonchev–Trinajstić information content (AvgIpc) is 2.60. The molecule has 0 bridgehead atoms. The monoisotopic (exact) mass is 266 g/mol. The van der Waals surface area contributed by atoms with E-state index in [1.54, 1.807) is 13.3 Å². The van der Waals surface area contributed by atoms with E-state index < -0.39 is 0 Å². The smallest absolute Gasteiger partial charge is 0.140 e. The minimum Gasteiger partial charge on any atom is -0.497 e. The Kier molecular flexibility index (Phi) is 2.77. The van der Waals surface area contributed by atoms with Crippen molar-refractivity contribution in [2.45, 2.75) is 0 Å². The van der Waals surface area contributed by atoms with Crippen LogP contribution in [0.3, 0.4) is 0 Å². The molecule has 15 heavy (non-hydrogen) atoms. The lowest BCUT2D eigenvalue weighted by Crippen LogP contribution is -1.93. The number of benzene rings is 1. The van der Waals surface area contributed by atoms with E-state index in [1.165, 1.54) is 0 Å². The maximum Gasteiger partial charge on any atom is 0.140 e. The van der Waals surface area contributed by atoms with Gasteiger partial charge in [0, 0.05) is 12.6 Å². The molecule has 0 atom stereocenters. The van der Waals surface area contributed by atoms with Crippen molar-refractivity contribution in [2.75, 3.05) is 7.11 Å². The van der Waals surface area contributed by atoms with Gasteiger partial charge in [-0.2, -0.15) is 0 Å². The lowest BCUT2D eigenvalue weighted by Gasteiger charge is -2.04. The quantitative estimate of drug-likeness (QED) is 0.836. The molecular formula is C11H11BrN2O. The summed E-state index contributed by atoms with van der Waals surface area (Å²) in [5, 5.41) is 0. The minimum atomic E-state index is 0.839. The van der Waals surface area contributed by atoms with Crippen LogP contribution in [0, 0.1) is 0 Å². The summed E-state index contributed by atoms with van der Waals surface area (Å²) in [6.45, 7) is 0. The zero-order valence-electron chi connectivity index (χ0n) is 8.57. The molecule has 0 aliphatic heterocycles. The highest BCUT2D eigenvalue weighted by Crippen LogP contribution is 2.24. The van der Waals surface area contributed by atoms with Crippen molar-refractivity contribution in [3.8, 4) is 17.1 Å². The van der Waals surface area contributed by atoms with E-state index in [0.717, 1.165) is 21.7 Å². The van der Waals surface area contributed by atoms with Crippen LogP contribution in [0.5, 0.6) is 5.75 Å². The Morgan fingerprint density at radius 2 is 2.20 bits per heavy atom. The predicted molar refractivity (Wildman–Crippen MR) is 62.9 cm³/mol. The lowest BCUT2D eigenvalue weighted by atomic mass is 10.2. The number of halogens is 1. The first-order valence-electron chi connectivity index (χ1n) is 4.54. The summed E-state index contributed by atoms with van der Waals surface area (Å²) >= 11 is 3.42. The molecule has 0 spiro atoms. The van der Waals surface area contributed by atoms with Crippen molar-refractivity contribution in [1.29, 1.82) is 0 Å². The van der Waals surface area contributed by atoms with E-state index >= 15 is 0 Å². The van der Waals surface area contributed by atoms with Gasteiger partial charge in [0.25, 0.3) is 0 Å². The molecule has 0 unspecified atom stereocenters. The van der Waals surface area contributed by atoms with E-state index in [-0.39, 0.29) is 0 Å². The number of hydrogen-bond donors (Lipinski definition) is 0. The summed E-state index contributed by atoms with van der Waals surface area (Å²) in [7, 11) is 3.62. The first kappa shape index (κ1) is 10.2. The second-order valence-electron chi connectivity index (χ2n) is 3.20. The average molecular weight is 267 g/mol. The molecule has 0 radical (unpaired) electrons. The second kappa shape index (κ2) is 4.06. The molecular weight excluding hydrogens is 256 g/mol. The minimum absolute atomic E-state index is 0.839. The van der Waals surface area contributed by atoms with Gasteiger partial charge in [0.05, 0.1) is 13.3 Å². The molecule has 2 rings (SSSR count). The maximum atomic E-state index is 5.17. The highest BCUT2D eigenvalue weighted by Gasteiger charge is 2.07. The third-order valence-corrected chi connectivity index (χ3v) is 3.00. The Labute approximate surface area is 96.8 Å². The fraction of sp³-hybridized carbons (Fsp3) is 0.182. The summed E-state index contributed by atoms with van der Waals surface area (Å²) in [6, 6.07) is 7.85. The summed E-state index contributed by atoms with van der Waals surface area (Å²) < 4.78 is 8.11. The Morgan fingerprint density at radius 3 is 2.80 bits per heavy atom. The molecule has 0 N–H and O–H groups in total. The highest BCUT2D eigenvalue weighted by atomic mass is 79.9. The third-order valence-electron chi connectivity index (χ3n) is 2.26. The standard InChI is InChI=1S/C11H11BrN2O/c1-14-10(12)7-13-11(14)8-4-3-5-9(6-8)15-2/h3-7H,1-2H3. The fourth-order valence-corrected chi connectivity index (χ4v) is 1.69. The highest BCUT2D eigenvalue weighted by molar-refractivity contribution is 9.10. The van der Waals surface area contributed by atoms with Crippen molar-refractivity contribution in [1.82, 2.24) is 9.55 Å². The third kappa shape index (κ3) is 1.90. The molecule has 0 aliphatic carbocycles. The van der Waals surface area contributed by atoms with Crippen molar-refractivity contribution in [3.63, 3.8) is 0 Å². The van der Waals surface area contributed by atoms with E-state index in [1.807, 2.05) is 35.9 Å². The Morgan fingerprint density at radius 1 is 1.40 bits per heavy atom. The molecule has 4 heteroatoms. The second-order valence-corrected chi connectivity index (χ2v) is 4.01. The molecule has 0 fully saturated rings. The summed E-state index contributed by atoms with van der Waals surface area (Å²) in [4.78, 5) is 4.32. The number of rotatable bonds is 2. The van der Waals surface area contributed by atoms with Crippen molar-refractivity contribution in [2.24, 2.45) is 7.05 Å². The van der Waals surface area contributed by atoms with Crippen LogP contribution in [-0.2, 0) is 7.05 Å². The molecule has 0 saturated heterocycles. The van der Waals surface area contributed by atoms with Crippen LogP contribution in [0.2, 0.25) is 0 Å². The molecule has 1 aromatic carbocycles. The van der Waals surface area contributed by atoms with Gasteiger partial charge in [-0.05, 0) is 28.1 Å². The van der Waals surface area contributed by atoms with Gasteiger partial charge in [0.15, 0.2) is 0 Å². The van der Waals surface area contributed by atoms with Crippen molar-refractivity contribution in [3.05, 3.63) is 35.1 Å². The van der Waals surface area contributed by atoms with Gasteiger partial charge >= 0.3 is 0 Å². The number of nitrogens with zero attached hydrogens (tertiary/aromatic N) is 2. The first-order chi connectivity index (χ1) is 7.22. The molecule has 1 heterocycles. The van der Waals surface area contributed by atoms with E-state index in [0.29, 0.717) is 0 Å². The maximum absolute atomic E-state index is 5.17. The number of imidazole rings is 1. The Bertz CT molecular complexity index is 479.